The highest BCUT2D eigenvalue weighted by molar-refractivity contribution is 5.59. The number of aromatic hydroxyl groups is 1. The number of likely N-dealkylation sites (N-methyl/N-ethyl adjacent to an activating group) is 1. The van der Waals surface area contributed by atoms with Gasteiger partial charge in [0.25, 0.3) is 0 Å². The summed E-state index contributed by atoms with van der Waals surface area (Å²) in [6, 6.07) is 6.51. The number of hydrogen-bond donors (Lipinski definition) is 2. The van der Waals surface area contributed by atoms with Gasteiger partial charge < -0.3 is 10.4 Å². The van der Waals surface area contributed by atoms with Crippen molar-refractivity contribution in [1.82, 2.24) is 5.32 Å². The fourth-order valence-electron chi connectivity index (χ4n) is 1.07. The summed E-state index contributed by atoms with van der Waals surface area (Å²) in [5, 5.41) is 11.8. The number of nitrogens with one attached hydrogen (secondary N) is 1. The van der Waals surface area contributed by atoms with Gasteiger partial charge in [-0.2, -0.15) is 0 Å². The number of hydrogen-bond acceptors (Lipinski definition) is 3. The van der Waals surface area contributed by atoms with Crippen molar-refractivity contribution in [3.8, 4) is 5.75 Å². The third kappa shape index (κ3) is 2.87. The van der Waals surface area contributed by atoms with E-state index in [4.69, 9.17) is 5.11 Å². The lowest BCUT2D eigenvalue weighted by Crippen LogP contribution is -2.28. The minimum atomic E-state index is -0.274. The molecule has 0 bridgehead atoms. The molecule has 1 aromatic carbocycles. The van der Waals surface area contributed by atoms with Crippen molar-refractivity contribution in [1.29, 1.82) is 0 Å². The maximum atomic E-state index is 10.4. The fraction of sp³-hybridized carbons (Fsp3) is 0.300. The summed E-state index contributed by atoms with van der Waals surface area (Å²) in [4.78, 5) is 10.4. The Morgan fingerprint density at radius 3 is 2.54 bits per heavy atom. The van der Waals surface area contributed by atoms with Gasteiger partial charge in [-0.15, -0.1) is 0 Å². The Morgan fingerprint density at radius 1 is 1.46 bits per heavy atom. The van der Waals surface area contributed by atoms with E-state index in [0.29, 0.717) is 6.42 Å². The van der Waals surface area contributed by atoms with Gasteiger partial charge >= 0.3 is 0 Å². The molecule has 3 heteroatoms. The predicted molar refractivity (Wildman–Crippen MR) is 50.4 cm³/mol. The number of phenols is 1. The van der Waals surface area contributed by atoms with Crippen LogP contribution in [0.2, 0.25) is 0 Å². The maximum absolute atomic E-state index is 10.4. The largest absolute Gasteiger partial charge is 0.508 e. The zero-order valence-electron chi connectivity index (χ0n) is 7.45. The molecule has 0 heterocycles. The van der Waals surface area contributed by atoms with Crippen molar-refractivity contribution in [2.75, 3.05) is 7.05 Å². The lowest BCUT2D eigenvalue weighted by Gasteiger charge is -2.07. The van der Waals surface area contributed by atoms with Crippen LogP contribution in [-0.2, 0) is 11.2 Å². The lowest BCUT2D eigenvalue weighted by molar-refractivity contribution is 0.475. The second-order valence-electron chi connectivity index (χ2n) is 2.83. The fourth-order valence-corrected chi connectivity index (χ4v) is 1.07. The van der Waals surface area contributed by atoms with E-state index in [1.807, 2.05) is 6.29 Å². The highest BCUT2D eigenvalue weighted by Gasteiger charge is 2.05. The summed E-state index contributed by atoms with van der Waals surface area (Å²) >= 11 is 0. The lowest BCUT2D eigenvalue weighted by atomic mass is 10.1. The summed E-state index contributed by atoms with van der Waals surface area (Å²) in [7, 11) is 1.72. The van der Waals surface area contributed by atoms with Crippen molar-refractivity contribution in [3.63, 3.8) is 0 Å². The van der Waals surface area contributed by atoms with Crippen LogP contribution in [0.5, 0.6) is 5.75 Å². The van der Waals surface area contributed by atoms with E-state index in [-0.39, 0.29) is 11.8 Å². The van der Waals surface area contributed by atoms with Gasteiger partial charge in [0.1, 0.15) is 5.75 Å². The number of phenolic OH excluding ortho intramolecular Hbond substituents is 1. The molecule has 0 saturated carbocycles. The molecule has 0 aliphatic heterocycles. The molecule has 13 heavy (non-hydrogen) atoms. The van der Waals surface area contributed by atoms with Crippen molar-refractivity contribution in [3.05, 3.63) is 29.8 Å². The molecule has 1 aromatic rings. The molecule has 1 atom stereocenters. The van der Waals surface area contributed by atoms with Crippen molar-refractivity contribution in [2.45, 2.75) is 12.5 Å². The monoisotopic (exact) mass is 178 g/mol. The van der Waals surface area contributed by atoms with E-state index in [1.54, 1.807) is 31.3 Å². The maximum Gasteiger partial charge on any atom is 0.217 e. The topological polar surface area (TPSA) is 49.3 Å². The van der Waals surface area contributed by atoms with Crippen LogP contribution >= 0.6 is 0 Å². The number of rotatable bonds is 4. The average molecular weight is 178 g/mol. The zero-order chi connectivity index (χ0) is 9.68. The summed E-state index contributed by atoms with van der Waals surface area (Å²) in [5.41, 5.74) is 1.00. The van der Waals surface area contributed by atoms with Crippen LogP contribution in [0.3, 0.4) is 0 Å². The molecule has 69 valence electrons. The summed E-state index contributed by atoms with van der Waals surface area (Å²) in [6.45, 7) is 0. The third-order valence-corrected chi connectivity index (χ3v) is 1.87. The molecule has 1 unspecified atom stereocenters. The zero-order valence-corrected chi connectivity index (χ0v) is 7.45. The Balaban J connectivity index is 2.63. The molecule has 1 rings (SSSR count). The molecule has 0 aromatic heterocycles. The molecule has 0 fully saturated rings. The Labute approximate surface area is 77.4 Å². The third-order valence-electron chi connectivity index (χ3n) is 1.87. The van der Waals surface area contributed by atoms with Crippen LogP contribution in [0.4, 0.5) is 0 Å². The molecule has 3 nitrogen and oxygen atoms in total. The first-order valence-corrected chi connectivity index (χ1v) is 4.09. The molecular weight excluding hydrogens is 166 g/mol. The first-order valence-electron chi connectivity index (χ1n) is 4.09. The Kier molecular flexibility index (Phi) is 3.46. The van der Waals surface area contributed by atoms with Crippen LogP contribution in [0.25, 0.3) is 0 Å². The van der Waals surface area contributed by atoms with Crippen molar-refractivity contribution in [2.24, 2.45) is 0 Å². The average Bonchev–Trinajstić information content (AvgIpc) is 2.17. The number of carbonyl (C=O) groups excluding carboxylic acids is 1. The molecule has 0 spiro atoms. The Hall–Kier alpha value is -1.35. The second kappa shape index (κ2) is 4.62. The van der Waals surface area contributed by atoms with Crippen LogP contribution in [-0.4, -0.2) is 24.5 Å². The van der Waals surface area contributed by atoms with Gasteiger partial charge in [0.15, 0.2) is 0 Å². The van der Waals surface area contributed by atoms with Gasteiger partial charge in [-0.3, -0.25) is 4.79 Å². The minimum Gasteiger partial charge on any atom is -0.508 e. The molecular formula is C10H12NO2. The smallest absolute Gasteiger partial charge is 0.217 e. The quantitative estimate of drug-likeness (QED) is 0.711. The van der Waals surface area contributed by atoms with Gasteiger partial charge in [0.2, 0.25) is 6.29 Å². The highest BCUT2D eigenvalue weighted by atomic mass is 16.3. The van der Waals surface area contributed by atoms with Gasteiger partial charge in [-0.1, -0.05) is 12.1 Å². The standard InChI is InChI=1S/C10H12NO2/c1-11-9(7-12)6-8-2-4-10(13)5-3-8/h2-5,9,11,13H,6H2,1H3. The molecule has 2 N–H and O–H groups in total. The van der Waals surface area contributed by atoms with Gasteiger partial charge in [-0.25, -0.2) is 0 Å². The first-order chi connectivity index (χ1) is 6.26. The van der Waals surface area contributed by atoms with E-state index < -0.39 is 0 Å². The van der Waals surface area contributed by atoms with E-state index in [1.165, 1.54) is 0 Å². The van der Waals surface area contributed by atoms with Gasteiger partial charge in [0, 0.05) is 0 Å². The molecule has 0 aliphatic carbocycles. The van der Waals surface area contributed by atoms with E-state index in [2.05, 4.69) is 5.32 Å². The summed E-state index contributed by atoms with van der Waals surface area (Å²) in [5.74, 6) is 0.236. The number of benzene rings is 1. The summed E-state index contributed by atoms with van der Waals surface area (Å²) in [6.07, 6.45) is 2.49. The Morgan fingerprint density at radius 2 is 2.08 bits per heavy atom. The molecule has 0 saturated heterocycles. The van der Waals surface area contributed by atoms with Gasteiger partial charge in [0.05, 0.1) is 6.04 Å². The van der Waals surface area contributed by atoms with Crippen LogP contribution in [0.15, 0.2) is 24.3 Å². The van der Waals surface area contributed by atoms with Crippen molar-refractivity contribution >= 4 is 6.29 Å². The first kappa shape index (κ1) is 9.74. The highest BCUT2D eigenvalue weighted by Crippen LogP contribution is 2.10. The van der Waals surface area contributed by atoms with Crippen LogP contribution < -0.4 is 5.32 Å². The van der Waals surface area contributed by atoms with E-state index >= 15 is 0 Å². The van der Waals surface area contributed by atoms with Gasteiger partial charge in [-0.05, 0) is 31.2 Å². The Bertz CT molecular complexity index is 269. The normalized spacial score (nSPS) is 12.4. The second-order valence-corrected chi connectivity index (χ2v) is 2.83. The summed E-state index contributed by atoms with van der Waals surface area (Å²) < 4.78 is 0. The molecule has 1 radical (unpaired) electrons. The minimum absolute atomic E-state index is 0.236. The molecule has 0 amide bonds. The van der Waals surface area contributed by atoms with Crippen LogP contribution in [0, 0.1) is 0 Å². The van der Waals surface area contributed by atoms with Crippen molar-refractivity contribution < 1.29 is 9.90 Å². The van der Waals surface area contributed by atoms with E-state index in [0.717, 1.165) is 5.56 Å². The van der Waals surface area contributed by atoms with E-state index in [9.17, 15) is 4.79 Å². The predicted octanol–water partition coefficient (Wildman–Crippen LogP) is 0.632. The SMILES string of the molecule is CNC([C]=O)Cc1ccc(O)cc1. The van der Waals surface area contributed by atoms with Crippen LogP contribution in [0.1, 0.15) is 5.56 Å². The molecule has 0 aliphatic rings.